The van der Waals surface area contributed by atoms with Gasteiger partial charge in [-0.2, -0.15) is 10.5 Å². The Hall–Kier alpha value is -3.61. The molecule has 0 aliphatic rings. The van der Waals surface area contributed by atoms with Gasteiger partial charge in [-0.15, -0.1) is 0 Å². The number of hydrogen-bond donors (Lipinski definition) is 1. The van der Waals surface area contributed by atoms with Crippen molar-refractivity contribution in [3.05, 3.63) is 93.5 Å². The van der Waals surface area contributed by atoms with Crippen LogP contribution in [0, 0.1) is 22.7 Å². The van der Waals surface area contributed by atoms with Gasteiger partial charge in [0.1, 0.15) is 6.07 Å². The molecule has 0 saturated heterocycles. The van der Waals surface area contributed by atoms with E-state index in [1.807, 2.05) is 18.2 Å². The van der Waals surface area contributed by atoms with Crippen molar-refractivity contribution in [1.82, 2.24) is 24.9 Å². The molecule has 3 heterocycles. The van der Waals surface area contributed by atoms with Crippen LogP contribution in [0.1, 0.15) is 11.1 Å². The van der Waals surface area contributed by atoms with Gasteiger partial charge >= 0.3 is 7.69 Å². The first-order valence-corrected chi connectivity index (χ1v) is 10.6. The standard InChI is InChI=1S/C11H6ClN3.C6H4BN2O2.C4H2BrClN2/c12-11-14-6-10(7-15-11)9-3-1-8(5-13)2-4-9;8-3-5-1-2-6(9-4-5)11-7-10;5-3-1-7-4(6)8-2-3/h1-4,6-7H;1-2,4,10H;1-2H. The smallest absolute Gasteiger partial charge is 0.523 e. The summed E-state index contributed by atoms with van der Waals surface area (Å²) in [7, 11) is 0.536. The summed E-state index contributed by atoms with van der Waals surface area (Å²) in [5.74, 6) is 0.256. The molecule has 0 unspecified atom stereocenters. The van der Waals surface area contributed by atoms with Crippen LogP contribution < -0.4 is 4.65 Å². The molecule has 3 aromatic heterocycles. The summed E-state index contributed by atoms with van der Waals surface area (Å²) >= 11 is 14.1. The summed E-state index contributed by atoms with van der Waals surface area (Å²) in [6.45, 7) is 0. The van der Waals surface area contributed by atoms with E-state index >= 15 is 0 Å². The highest BCUT2D eigenvalue weighted by Crippen LogP contribution is 2.18. The Morgan fingerprint density at radius 3 is 1.71 bits per heavy atom. The van der Waals surface area contributed by atoms with Crippen LogP contribution in [0.15, 0.2) is 71.9 Å². The zero-order valence-corrected chi connectivity index (χ0v) is 20.1. The lowest BCUT2D eigenvalue weighted by atomic mass is 10.1. The van der Waals surface area contributed by atoms with Crippen LogP contribution >= 0.6 is 39.1 Å². The number of nitriles is 2. The molecular weight excluding hydrogens is 544 g/mol. The molecule has 4 aromatic rings. The molecule has 0 fully saturated rings. The van der Waals surface area contributed by atoms with E-state index in [4.69, 9.17) is 38.7 Å². The summed E-state index contributed by atoms with van der Waals surface area (Å²) in [6.07, 6.45) is 7.84. The van der Waals surface area contributed by atoms with Gasteiger partial charge in [0.2, 0.25) is 10.6 Å². The average Bonchev–Trinajstić information content (AvgIpc) is 2.88. The number of pyridine rings is 1. The van der Waals surface area contributed by atoms with Crippen molar-refractivity contribution in [2.75, 3.05) is 0 Å². The highest BCUT2D eigenvalue weighted by Gasteiger charge is 1.99. The molecule has 0 saturated carbocycles. The molecule has 1 radical (unpaired) electrons. The van der Waals surface area contributed by atoms with Crippen LogP contribution in [-0.4, -0.2) is 37.6 Å². The van der Waals surface area contributed by atoms with Gasteiger partial charge in [0.05, 0.1) is 21.7 Å². The van der Waals surface area contributed by atoms with Crippen molar-refractivity contribution in [2.24, 2.45) is 0 Å². The van der Waals surface area contributed by atoms with Crippen LogP contribution in [-0.2, 0) is 0 Å². The number of halogens is 3. The molecule has 167 valence electrons. The molecule has 0 spiro atoms. The Balaban J connectivity index is 0.000000190. The second kappa shape index (κ2) is 14.5. The zero-order chi connectivity index (χ0) is 24.8. The van der Waals surface area contributed by atoms with Crippen molar-refractivity contribution in [3.8, 4) is 29.1 Å². The molecular formula is C21H12BBrCl2N7O2. The van der Waals surface area contributed by atoms with Gasteiger partial charge in [-0.25, -0.2) is 24.9 Å². The van der Waals surface area contributed by atoms with Gasteiger partial charge in [0.15, 0.2) is 5.88 Å². The number of aromatic nitrogens is 5. The predicted molar refractivity (Wildman–Crippen MR) is 129 cm³/mol. The van der Waals surface area contributed by atoms with Crippen molar-refractivity contribution in [2.45, 2.75) is 0 Å². The number of rotatable bonds is 3. The first-order valence-electron chi connectivity index (χ1n) is 9.05. The summed E-state index contributed by atoms with van der Waals surface area (Å²) in [4.78, 5) is 18.9. The SMILES string of the molecule is Clc1ncc(Br)cn1.N#Cc1ccc(-c2cnc(Cl)nc2)cc1.N#Cc1ccc(O[B]O)nc1. The topological polar surface area (TPSA) is 141 Å². The molecule has 0 amide bonds. The second-order valence-electron chi connectivity index (χ2n) is 5.82. The van der Waals surface area contributed by atoms with Gasteiger partial charge < -0.3 is 9.68 Å². The number of benzene rings is 1. The third kappa shape index (κ3) is 9.49. The molecule has 9 nitrogen and oxygen atoms in total. The average molecular weight is 556 g/mol. The molecule has 1 aromatic carbocycles. The number of hydrogen-bond acceptors (Lipinski definition) is 9. The molecule has 34 heavy (non-hydrogen) atoms. The maximum absolute atomic E-state index is 8.64. The van der Waals surface area contributed by atoms with Crippen LogP contribution in [0.2, 0.25) is 10.6 Å². The Morgan fingerprint density at radius 1 is 0.735 bits per heavy atom. The Kier molecular flexibility index (Phi) is 11.4. The first kappa shape index (κ1) is 26.6. The maximum Gasteiger partial charge on any atom is 0.570 e. The van der Waals surface area contributed by atoms with Crippen LogP contribution in [0.25, 0.3) is 11.1 Å². The van der Waals surface area contributed by atoms with E-state index < -0.39 is 0 Å². The van der Waals surface area contributed by atoms with E-state index in [9.17, 15) is 0 Å². The minimum Gasteiger partial charge on any atom is -0.523 e. The number of nitrogens with zero attached hydrogens (tertiary/aromatic N) is 7. The molecule has 0 bridgehead atoms. The Bertz CT molecular complexity index is 1230. The van der Waals surface area contributed by atoms with Crippen molar-refractivity contribution < 1.29 is 9.68 Å². The van der Waals surface area contributed by atoms with Gasteiger partial charge in [-0.3, -0.25) is 0 Å². The van der Waals surface area contributed by atoms with E-state index in [1.54, 1.807) is 43.0 Å². The highest BCUT2D eigenvalue weighted by molar-refractivity contribution is 9.10. The van der Waals surface area contributed by atoms with E-state index in [0.717, 1.165) is 15.6 Å². The molecule has 0 aliphatic carbocycles. The van der Waals surface area contributed by atoms with Crippen LogP contribution in [0.3, 0.4) is 0 Å². The quantitative estimate of drug-likeness (QED) is 0.287. The van der Waals surface area contributed by atoms with Crippen molar-refractivity contribution in [1.29, 1.82) is 10.5 Å². The summed E-state index contributed by atoms with van der Waals surface area (Å²) in [5.41, 5.74) is 2.93. The molecule has 1 N–H and O–H groups in total. The summed E-state index contributed by atoms with van der Waals surface area (Å²) in [6, 6.07) is 14.2. The van der Waals surface area contributed by atoms with Gasteiger partial charge in [-0.1, -0.05) is 12.1 Å². The largest absolute Gasteiger partial charge is 0.570 e. The summed E-state index contributed by atoms with van der Waals surface area (Å²) in [5, 5.41) is 25.7. The van der Waals surface area contributed by atoms with Crippen LogP contribution in [0.5, 0.6) is 5.88 Å². The predicted octanol–water partition coefficient (Wildman–Crippen LogP) is 4.42. The Labute approximate surface area is 214 Å². The molecule has 4 rings (SSSR count). The van der Waals surface area contributed by atoms with Gasteiger partial charge in [0, 0.05) is 36.5 Å². The van der Waals surface area contributed by atoms with Gasteiger partial charge in [-0.05, 0) is 69.0 Å². The van der Waals surface area contributed by atoms with Gasteiger partial charge in [0.25, 0.3) is 0 Å². The monoisotopic (exact) mass is 554 g/mol. The lowest BCUT2D eigenvalue weighted by Gasteiger charge is -1.99. The molecule has 0 atom stereocenters. The van der Waals surface area contributed by atoms with E-state index in [1.165, 1.54) is 12.3 Å². The minimum absolute atomic E-state index is 0.229. The molecule has 13 heteroatoms. The fourth-order valence-electron chi connectivity index (χ4n) is 2.07. The maximum atomic E-state index is 8.64. The zero-order valence-electron chi connectivity index (χ0n) is 17.0. The summed E-state index contributed by atoms with van der Waals surface area (Å²) < 4.78 is 5.35. The third-order valence-corrected chi connectivity index (χ3v) is 4.40. The normalized spacial score (nSPS) is 9.12. The van der Waals surface area contributed by atoms with Crippen LogP contribution in [0.4, 0.5) is 0 Å². The molecule has 0 aliphatic heterocycles. The second-order valence-corrected chi connectivity index (χ2v) is 7.41. The fourth-order valence-corrected chi connectivity index (χ4v) is 2.47. The fraction of sp³-hybridized carbons (Fsp3) is 0. The van der Waals surface area contributed by atoms with E-state index in [0.29, 0.717) is 18.8 Å². The minimum atomic E-state index is 0.229. The lowest BCUT2D eigenvalue weighted by Crippen LogP contribution is -2.01. The first-order chi connectivity index (χ1) is 16.4. The van der Waals surface area contributed by atoms with Crippen molar-refractivity contribution in [3.63, 3.8) is 0 Å². The van der Waals surface area contributed by atoms with E-state index in [2.05, 4.69) is 51.6 Å². The lowest BCUT2D eigenvalue weighted by molar-refractivity contribution is 0.443. The van der Waals surface area contributed by atoms with Crippen molar-refractivity contribution >= 4 is 46.8 Å². The Morgan fingerprint density at radius 2 is 1.26 bits per heavy atom. The van der Waals surface area contributed by atoms with E-state index in [-0.39, 0.29) is 16.4 Å². The highest BCUT2D eigenvalue weighted by atomic mass is 79.9. The third-order valence-electron chi connectivity index (χ3n) is 3.60.